The lowest BCUT2D eigenvalue weighted by atomic mass is 9.81. The smallest absolute Gasteiger partial charge is 0.238 e. The fourth-order valence-electron chi connectivity index (χ4n) is 9.29. The van der Waals surface area contributed by atoms with Gasteiger partial charge in [0, 0.05) is 32.5 Å². The molecular weight excluding hydrogens is 673 g/mol. The van der Waals surface area contributed by atoms with E-state index in [9.17, 15) is 0 Å². The molecule has 4 aromatic heterocycles. The van der Waals surface area contributed by atoms with Crippen LogP contribution in [0, 0.1) is 0 Å². The van der Waals surface area contributed by atoms with Crippen molar-refractivity contribution in [2.24, 2.45) is 0 Å². The highest BCUT2D eigenvalue weighted by Crippen LogP contribution is 2.49. The average Bonchev–Trinajstić information content (AvgIpc) is 3.87. The molecule has 0 atom stereocenters. The standard InChI is InChI=1S/C49H32N6/c1-49(2)39-19-8-5-15-33(39)34-23-22-30(27-40(34)49)29-12-11-13-31(26-29)46-50-28-51-48(53-46)55-42-21-10-7-17-36(42)37-24-25-43-44(45(37)55)52-47-38-18-4-3-14-32(38)35-16-6-9-20-41(35)54(43)47/h3-28H,1-2H3. The minimum atomic E-state index is -0.0719. The molecular formula is C49H32N6. The number of hydrogen-bond donors (Lipinski definition) is 0. The Morgan fingerprint density at radius 2 is 1.16 bits per heavy atom. The third-order valence-electron chi connectivity index (χ3n) is 11.9. The summed E-state index contributed by atoms with van der Waals surface area (Å²) in [5.41, 5.74) is 14.5. The van der Waals surface area contributed by atoms with Gasteiger partial charge in [-0.15, -0.1) is 0 Å². The van der Waals surface area contributed by atoms with E-state index in [1.165, 1.54) is 38.6 Å². The van der Waals surface area contributed by atoms with Crippen molar-refractivity contribution >= 4 is 60.2 Å². The number of aromatic nitrogens is 6. The van der Waals surface area contributed by atoms with Gasteiger partial charge in [0.2, 0.25) is 5.95 Å². The zero-order valence-electron chi connectivity index (χ0n) is 30.2. The summed E-state index contributed by atoms with van der Waals surface area (Å²) in [5.74, 6) is 1.17. The van der Waals surface area contributed by atoms with Crippen molar-refractivity contribution < 1.29 is 0 Å². The van der Waals surface area contributed by atoms with E-state index in [0.29, 0.717) is 11.8 Å². The molecule has 0 bridgehead atoms. The predicted octanol–water partition coefficient (Wildman–Crippen LogP) is 11.7. The molecule has 1 aliphatic rings. The highest BCUT2D eigenvalue weighted by atomic mass is 15.2. The van der Waals surface area contributed by atoms with Crippen LogP contribution in [0.3, 0.4) is 0 Å². The van der Waals surface area contributed by atoms with Crippen molar-refractivity contribution in [3.05, 3.63) is 169 Å². The summed E-state index contributed by atoms with van der Waals surface area (Å²) in [7, 11) is 0. The van der Waals surface area contributed by atoms with Crippen LogP contribution in [0.4, 0.5) is 0 Å². The lowest BCUT2D eigenvalue weighted by Crippen LogP contribution is -2.14. The fraction of sp³-hybridized carbons (Fsp3) is 0.0612. The van der Waals surface area contributed by atoms with Crippen molar-refractivity contribution in [3.8, 4) is 39.6 Å². The van der Waals surface area contributed by atoms with E-state index < -0.39 is 0 Å². The molecule has 4 heterocycles. The number of imidazole rings is 1. The van der Waals surface area contributed by atoms with Crippen molar-refractivity contribution in [2.75, 3.05) is 0 Å². The minimum absolute atomic E-state index is 0.0719. The SMILES string of the molecule is CC1(C)c2ccccc2-c2ccc(-c3cccc(-c4ncnc(-n5c6ccccc6c6ccc7c(nc8c9ccccc9c9ccccc9n78)c65)n4)c3)cc21. The molecule has 0 aliphatic heterocycles. The van der Waals surface area contributed by atoms with Crippen LogP contribution in [-0.4, -0.2) is 28.9 Å². The van der Waals surface area contributed by atoms with Crippen LogP contribution >= 0.6 is 0 Å². The van der Waals surface area contributed by atoms with Gasteiger partial charge in [0.15, 0.2) is 5.82 Å². The zero-order chi connectivity index (χ0) is 36.4. The summed E-state index contributed by atoms with van der Waals surface area (Å²) in [6.45, 7) is 4.65. The molecule has 55 heavy (non-hydrogen) atoms. The van der Waals surface area contributed by atoms with Gasteiger partial charge in [-0.25, -0.2) is 15.0 Å². The summed E-state index contributed by atoms with van der Waals surface area (Å²) in [6.07, 6.45) is 1.63. The van der Waals surface area contributed by atoms with E-state index >= 15 is 0 Å². The first-order chi connectivity index (χ1) is 27.0. The summed E-state index contributed by atoms with van der Waals surface area (Å²) >= 11 is 0. The quantitative estimate of drug-likeness (QED) is 0.172. The molecule has 0 radical (unpaired) electrons. The van der Waals surface area contributed by atoms with Gasteiger partial charge in [-0.05, 0) is 75.2 Å². The largest absolute Gasteiger partial charge is 0.292 e. The molecule has 6 heteroatoms. The summed E-state index contributed by atoms with van der Waals surface area (Å²) in [5, 5.41) is 5.73. The summed E-state index contributed by atoms with van der Waals surface area (Å²) in [4.78, 5) is 20.2. The van der Waals surface area contributed by atoms with Gasteiger partial charge in [-0.2, -0.15) is 4.98 Å². The van der Waals surface area contributed by atoms with Crippen molar-refractivity contribution in [3.63, 3.8) is 0 Å². The molecule has 1 aliphatic carbocycles. The van der Waals surface area contributed by atoms with Crippen LogP contribution in [0.1, 0.15) is 25.0 Å². The monoisotopic (exact) mass is 704 g/mol. The second kappa shape index (κ2) is 10.9. The second-order valence-corrected chi connectivity index (χ2v) is 15.1. The van der Waals surface area contributed by atoms with Crippen molar-refractivity contribution in [2.45, 2.75) is 19.3 Å². The van der Waals surface area contributed by atoms with Gasteiger partial charge in [0.25, 0.3) is 0 Å². The molecule has 7 aromatic carbocycles. The highest BCUT2D eigenvalue weighted by molar-refractivity contribution is 6.20. The van der Waals surface area contributed by atoms with Gasteiger partial charge < -0.3 is 0 Å². The number of pyridine rings is 1. The molecule has 12 rings (SSSR count). The first-order valence-corrected chi connectivity index (χ1v) is 18.7. The normalized spacial score (nSPS) is 13.4. The molecule has 11 aromatic rings. The minimum Gasteiger partial charge on any atom is -0.292 e. The van der Waals surface area contributed by atoms with Crippen LogP contribution in [0.2, 0.25) is 0 Å². The topological polar surface area (TPSA) is 60.9 Å². The third kappa shape index (κ3) is 4.13. The second-order valence-electron chi connectivity index (χ2n) is 15.1. The van der Waals surface area contributed by atoms with Crippen molar-refractivity contribution in [1.29, 1.82) is 0 Å². The third-order valence-corrected chi connectivity index (χ3v) is 11.9. The van der Waals surface area contributed by atoms with Gasteiger partial charge in [0.05, 0.1) is 22.1 Å². The molecule has 0 saturated carbocycles. The number of fused-ring (bicyclic) bond motifs is 15. The van der Waals surface area contributed by atoms with Crippen LogP contribution in [-0.2, 0) is 5.41 Å². The van der Waals surface area contributed by atoms with Gasteiger partial charge >= 0.3 is 0 Å². The molecule has 0 amide bonds. The average molecular weight is 705 g/mol. The van der Waals surface area contributed by atoms with E-state index in [4.69, 9.17) is 19.9 Å². The lowest BCUT2D eigenvalue weighted by molar-refractivity contribution is 0.660. The maximum absolute atomic E-state index is 5.45. The van der Waals surface area contributed by atoms with E-state index in [-0.39, 0.29) is 5.41 Å². The van der Waals surface area contributed by atoms with Crippen LogP contribution in [0.15, 0.2) is 158 Å². The van der Waals surface area contributed by atoms with E-state index in [0.717, 1.165) is 60.5 Å². The molecule has 258 valence electrons. The van der Waals surface area contributed by atoms with Crippen LogP contribution < -0.4 is 0 Å². The van der Waals surface area contributed by atoms with E-state index in [1.54, 1.807) is 6.33 Å². The lowest BCUT2D eigenvalue weighted by Gasteiger charge is -2.22. The maximum atomic E-state index is 5.45. The Morgan fingerprint density at radius 1 is 0.473 bits per heavy atom. The number of nitrogens with zero attached hydrogens (tertiary/aromatic N) is 6. The Labute approximate surface area is 316 Å². The Balaban J connectivity index is 1.05. The number of hydrogen-bond acceptors (Lipinski definition) is 4. The predicted molar refractivity (Wildman–Crippen MR) is 224 cm³/mol. The van der Waals surface area contributed by atoms with Gasteiger partial charge in [-0.3, -0.25) is 8.97 Å². The summed E-state index contributed by atoms with van der Waals surface area (Å²) < 4.78 is 4.47. The Bertz CT molecular complexity index is 3420. The molecule has 0 fully saturated rings. The highest BCUT2D eigenvalue weighted by Gasteiger charge is 2.35. The van der Waals surface area contributed by atoms with Crippen LogP contribution in [0.25, 0.3) is 99.8 Å². The molecule has 0 N–H and O–H groups in total. The molecule has 0 spiro atoms. The van der Waals surface area contributed by atoms with Gasteiger partial charge in [0.1, 0.15) is 17.5 Å². The molecule has 0 saturated heterocycles. The number of benzene rings is 7. The first-order valence-electron chi connectivity index (χ1n) is 18.7. The molecule has 0 unspecified atom stereocenters. The zero-order valence-corrected chi connectivity index (χ0v) is 30.2. The summed E-state index contributed by atoms with van der Waals surface area (Å²) in [6, 6.07) is 54.2. The maximum Gasteiger partial charge on any atom is 0.238 e. The Hall–Kier alpha value is -7.18. The number of rotatable bonds is 3. The van der Waals surface area contributed by atoms with Crippen LogP contribution in [0.5, 0.6) is 0 Å². The number of para-hydroxylation sites is 2. The first kappa shape index (κ1) is 30.3. The Kier molecular flexibility index (Phi) is 6.02. The fourth-order valence-corrected chi connectivity index (χ4v) is 9.29. The molecule has 6 nitrogen and oxygen atoms in total. The van der Waals surface area contributed by atoms with E-state index in [2.05, 4.69) is 174 Å². The van der Waals surface area contributed by atoms with E-state index in [1.807, 2.05) is 0 Å². The Morgan fingerprint density at radius 3 is 2.04 bits per heavy atom. The van der Waals surface area contributed by atoms with Gasteiger partial charge in [-0.1, -0.05) is 129 Å². The van der Waals surface area contributed by atoms with Crippen molar-refractivity contribution in [1.82, 2.24) is 28.9 Å².